The molecule has 1 aliphatic carbocycles. The fraction of sp³-hybridized carbons (Fsp3) is 0.241. The average molecular weight is 629 g/mol. The number of rotatable bonds is 8. The molecule has 1 aliphatic rings. The number of hydrogen-bond acceptors (Lipinski definition) is 7. The molecule has 37 heavy (non-hydrogen) atoms. The normalized spacial score (nSPS) is 17.1. The van der Waals surface area contributed by atoms with Gasteiger partial charge < -0.3 is 20.4 Å². The molecule has 0 radical (unpaired) electrons. The summed E-state index contributed by atoms with van der Waals surface area (Å²) in [7, 11) is 0. The highest BCUT2D eigenvalue weighted by Crippen LogP contribution is 2.37. The van der Waals surface area contributed by atoms with Crippen LogP contribution in [0.4, 0.5) is 11.4 Å². The first-order chi connectivity index (χ1) is 17.8. The predicted octanol–water partition coefficient (Wildman–Crippen LogP) is 7.12. The quantitative estimate of drug-likeness (QED) is 0.0684. The van der Waals surface area contributed by atoms with Crippen molar-refractivity contribution >= 4 is 64.0 Å². The molecule has 0 bridgehead atoms. The van der Waals surface area contributed by atoms with Crippen LogP contribution in [-0.4, -0.2) is 11.9 Å². The lowest BCUT2D eigenvalue weighted by Crippen LogP contribution is -2.12. The third kappa shape index (κ3) is 7.75. The standard InChI is InChI=1S/C29H29IN2O4S/c1-18-2-3-20(14-18)15-29(34)35-23-9-4-19(5-10-23)6-13-28(33)36-37-27-17-22(32)8-12-25(27)24-11-7-21(31)16-26(24)30/h4-13,16-18,20H,2-3,14-15,31-32H2,1H3/b13-6+. The second-order valence-electron chi connectivity index (χ2n) is 9.35. The molecule has 0 amide bonds. The minimum absolute atomic E-state index is 0.197. The Morgan fingerprint density at radius 2 is 1.70 bits per heavy atom. The Morgan fingerprint density at radius 3 is 2.38 bits per heavy atom. The van der Waals surface area contributed by atoms with Gasteiger partial charge in [0.05, 0.1) is 16.9 Å². The second kappa shape index (κ2) is 12.5. The Kier molecular flexibility index (Phi) is 9.15. The molecule has 4 N–H and O–H groups in total. The van der Waals surface area contributed by atoms with Crippen molar-refractivity contribution in [2.45, 2.75) is 37.5 Å². The van der Waals surface area contributed by atoms with Crippen molar-refractivity contribution < 1.29 is 18.5 Å². The summed E-state index contributed by atoms with van der Waals surface area (Å²) in [4.78, 5) is 25.3. The molecule has 1 fully saturated rings. The zero-order valence-electron chi connectivity index (χ0n) is 20.5. The third-order valence-corrected chi connectivity index (χ3v) is 7.94. The fourth-order valence-electron chi connectivity index (χ4n) is 4.42. The highest BCUT2D eigenvalue weighted by Gasteiger charge is 2.24. The van der Waals surface area contributed by atoms with Crippen molar-refractivity contribution in [2.75, 3.05) is 11.5 Å². The Labute approximate surface area is 235 Å². The van der Waals surface area contributed by atoms with E-state index in [1.165, 1.54) is 12.5 Å². The van der Waals surface area contributed by atoms with Crippen LogP contribution in [0.15, 0.2) is 71.6 Å². The summed E-state index contributed by atoms with van der Waals surface area (Å²) in [5.74, 6) is 0.906. The van der Waals surface area contributed by atoms with E-state index in [2.05, 4.69) is 29.5 Å². The van der Waals surface area contributed by atoms with E-state index in [9.17, 15) is 9.59 Å². The van der Waals surface area contributed by atoms with Gasteiger partial charge in [-0.2, -0.15) is 0 Å². The van der Waals surface area contributed by atoms with Crippen LogP contribution in [0.2, 0.25) is 0 Å². The van der Waals surface area contributed by atoms with Gasteiger partial charge in [0.2, 0.25) is 0 Å². The van der Waals surface area contributed by atoms with E-state index in [0.717, 1.165) is 50.0 Å². The molecule has 8 heteroatoms. The smallest absolute Gasteiger partial charge is 0.343 e. The third-order valence-electron chi connectivity index (χ3n) is 6.28. The summed E-state index contributed by atoms with van der Waals surface area (Å²) in [6, 6.07) is 18.2. The van der Waals surface area contributed by atoms with Gasteiger partial charge in [-0.3, -0.25) is 4.79 Å². The van der Waals surface area contributed by atoms with Crippen molar-refractivity contribution in [1.29, 1.82) is 0 Å². The van der Waals surface area contributed by atoms with Gasteiger partial charge in [-0.15, -0.1) is 0 Å². The summed E-state index contributed by atoms with van der Waals surface area (Å²) in [5.41, 5.74) is 15.8. The van der Waals surface area contributed by atoms with Crippen molar-refractivity contribution in [3.63, 3.8) is 0 Å². The van der Waals surface area contributed by atoms with Crippen LogP contribution in [0.3, 0.4) is 0 Å². The molecule has 1 saturated carbocycles. The highest BCUT2D eigenvalue weighted by atomic mass is 127. The van der Waals surface area contributed by atoms with Gasteiger partial charge in [-0.25, -0.2) is 4.79 Å². The predicted molar refractivity (Wildman–Crippen MR) is 158 cm³/mol. The number of benzene rings is 3. The molecule has 6 nitrogen and oxygen atoms in total. The number of anilines is 2. The Hall–Kier alpha value is -2.98. The lowest BCUT2D eigenvalue weighted by atomic mass is 10.0. The van der Waals surface area contributed by atoms with Gasteiger partial charge in [0.15, 0.2) is 0 Å². The number of esters is 1. The van der Waals surface area contributed by atoms with Crippen LogP contribution in [0, 0.1) is 15.4 Å². The first-order valence-electron chi connectivity index (χ1n) is 12.1. The van der Waals surface area contributed by atoms with Crippen molar-refractivity contribution in [2.24, 2.45) is 11.8 Å². The van der Waals surface area contributed by atoms with Crippen LogP contribution in [0.5, 0.6) is 5.75 Å². The topological polar surface area (TPSA) is 105 Å². The molecule has 0 saturated heterocycles. The maximum absolute atomic E-state index is 12.4. The van der Waals surface area contributed by atoms with E-state index >= 15 is 0 Å². The minimum Gasteiger partial charge on any atom is -0.427 e. The molecule has 0 aliphatic heterocycles. The van der Waals surface area contributed by atoms with Gasteiger partial charge in [-0.1, -0.05) is 37.6 Å². The largest absolute Gasteiger partial charge is 0.427 e. The number of nitrogen functional groups attached to an aromatic ring is 2. The first kappa shape index (κ1) is 27.1. The number of hydrogen-bond donors (Lipinski definition) is 2. The first-order valence-corrected chi connectivity index (χ1v) is 13.9. The summed E-state index contributed by atoms with van der Waals surface area (Å²) < 4.78 is 11.9. The van der Waals surface area contributed by atoms with Crippen LogP contribution in [0.1, 0.15) is 38.2 Å². The average Bonchev–Trinajstić information content (AvgIpc) is 3.27. The minimum atomic E-state index is -0.508. The molecule has 2 atom stereocenters. The zero-order chi connectivity index (χ0) is 26.4. The van der Waals surface area contributed by atoms with Gasteiger partial charge >= 0.3 is 11.9 Å². The van der Waals surface area contributed by atoms with Gasteiger partial charge in [-0.05, 0) is 106 Å². The lowest BCUT2D eigenvalue weighted by Gasteiger charge is -2.11. The van der Waals surface area contributed by atoms with E-state index in [0.29, 0.717) is 35.4 Å². The van der Waals surface area contributed by atoms with Crippen LogP contribution < -0.4 is 16.2 Å². The molecular weight excluding hydrogens is 599 g/mol. The molecular formula is C29H29IN2O4S. The molecule has 2 unspecified atom stereocenters. The number of nitrogens with two attached hydrogens (primary N) is 2. The summed E-state index contributed by atoms with van der Waals surface area (Å²) in [6.07, 6.45) is 6.83. The maximum Gasteiger partial charge on any atom is 0.343 e. The Balaban J connectivity index is 1.32. The summed E-state index contributed by atoms with van der Waals surface area (Å²) >= 11 is 3.19. The van der Waals surface area contributed by atoms with Crippen LogP contribution >= 0.6 is 34.6 Å². The Bertz CT molecular complexity index is 1310. The van der Waals surface area contributed by atoms with Crippen molar-refractivity contribution in [3.8, 4) is 16.9 Å². The van der Waals surface area contributed by atoms with Gasteiger partial charge in [0.25, 0.3) is 0 Å². The van der Waals surface area contributed by atoms with Gasteiger partial charge in [0.1, 0.15) is 5.75 Å². The number of carbonyl (C=O) groups is 2. The monoisotopic (exact) mass is 628 g/mol. The number of ether oxygens (including phenoxy) is 1. The molecule has 192 valence electrons. The van der Waals surface area contributed by atoms with E-state index in [1.54, 1.807) is 36.4 Å². The van der Waals surface area contributed by atoms with Gasteiger partial charge in [0, 0.05) is 27.4 Å². The van der Waals surface area contributed by atoms with E-state index in [1.807, 2.05) is 30.3 Å². The molecule has 0 heterocycles. The molecule has 0 spiro atoms. The van der Waals surface area contributed by atoms with Crippen LogP contribution in [-0.2, 0) is 13.8 Å². The SMILES string of the molecule is CC1CCC(CC(=O)Oc2ccc(/C=C/C(=O)OSc3cc(N)ccc3-c3ccc(N)cc3I)cc2)C1. The van der Waals surface area contributed by atoms with E-state index in [4.69, 9.17) is 20.4 Å². The maximum atomic E-state index is 12.4. The van der Waals surface area contributed by atoms with Crippen molar-refractivity contribution in [1.82, 2.24) is 0 Å². The molecule has 0 aromatic heterocycles. The highest BCUT2D eigenvalue weighted by molar-refractivity contribution is 14.1. The number of halogens is 1. The zero-order valence-corrected chi connectivity index (χ0v) is 23.5. The second-order valence-corrected chi connectivity index (χ2v) is 11.3. The summed E-state index contributed by atoms with van der Waals surface area (Å²) in [6.45, 7) is 2.23. The summed E-state index contributed by atoms with van der Waals surface area (Å²) in [5, 5.41) is 0. The van der Waals surface area contributed by atoms with Crippen molar-refractivity contribution in [3.05, 3.63) is 75.9 Å². The number of carbonyl (C=O) groups excluding carboxylic acids is 2. The lowest BCUT2D eigenvalue weighted by molar-refractivity contribution is -0.135. The molecule has 4 rings (SSSR count). The van der Waals surface area contributed by atoms with E-state index in [-0.39, 0.29) is 5.97 Å². The molecule has 3 aromatic carbocycles. The fourth-order valence-corrected chi connectivity index (χ4v) is 5.93. The van der Waals surface area contributed by atoms with E-state index < -0.39 is 5.97 Å². The Morgan fingerprint density at radius 1 is 1.00 bits per heavy atom. The van der Waals surface area contributed by atoms with Crippen LogP contribution in [0.25, 0.3) is 17.2 Å². The molecule has 3 aromatic rings.